The number of carbonyl (C=O) groups is 2. The number of benzene rings is 2. The van der Waals surface area contributed by atoms with Gasteiger partial charge in [0.1, 0.15) is 17.7 Å². The van der Waals surface area contributed by atoms with Crippen LogP contribution in [-0.4, -0.2) is 54.5 Å². The Morgan fingerprint density at radius 2 is 1.90 bits per heavy atom. The minimum absolute atomic E-state index is 0.181. The Kier molecular flexibility index (Phi) is 7.78. The summed E-state index contributed by atoms with van der Waals surface area (Å²) >= 11 is 0. The van der Waals surface area contributed by atoms with Gasteiger partial charge in [0.15, 0.2) is 6.29 Å². The minimum Gasteiger partial charge on any atom is -0.494 e. The van der Waals surface area contributed by atoms with E-state index >= 15 is 0 Å². The molecular formula is C24H29N3O4. The summed E-state index contributed by atoms with van der Waals surface area (Å²) in [5, 5.41) is 0. The van der Waals surface area contributed by atoms with E-state index in [2.05, 4.69) is 4.74 Å². The molecule has 3 aromatic rings. The van der Waals surface area contributed by atoms with E-state index in [9.17, 15) is 9.59 Å². The fraction of sp³-hybridized carbons (Fsp3) is 0.375. The van der Waals surface area contributed by atoms with Crippen LogP contribution < -0.4 is 4.74 Å². The Hall–Kier alpha value is -3.19. The van der Waals surface area contributed by atoms with Crippen molar-refractivity contribution in [1.82, 2.24) is 14.5 Å². The summed E-state index contributed by atoms with van der Waals surface area (Å²) in [7, 11) is 5.14. The number of imidazole rings is 1. The number of likely N-dealkylation sites (N-methyl/N-ethyl adjacent to an activating group) is 1. The van der Waals surface area contributed by atoms with Gasteiger partial charge < -0.3 is 14.0 Å². The van der Waals surface area contributed by atoms with Gasteiger partial charge in [-0.2, -0.15) is 0 Å². The first-order chi connectivity index (χ1) is 15.0. The van der Waals surface area contributed by atoms with Crippen LogP contribution in [0.2, 0.25) is 0 Å². The number of ether oxygens (including phenoxy) is 2. The number of methoxy groups -OCH3 is 1. The van der Waals surface area contributed by atoms with E-state index in [0.717, 1.165) is 53.7 Å². The zero-order valence-electron chi connectivity index (χ0n) is 18.3. The van der Waals surface area contributed by atoms with Crippen molar-refractivity contribution in [1.29, 1.82) is 0 Å². The molecule has 3 rings (SSSR count). The summed E-state index contributed by atoms with van der Waals surface area (Å²) in [5.74, 6) is 1.28. The highest BCUT2D eigenvalue weighted by atomic mass is 16.5. The van der Waals surface area contributed by atoms with Crippen LogP contribution in [0.1, 0.15) is 31.8 Å². The Morgan fingerprint density at radius 1 is 1.13 bits per heavy atom. The Morgan fingerprint density at radius 3 is 2.58 bits per heavy atom. The molecule has 164 valence electrons. The average molecular weight is 424 g/mol. The monoisotopic (exact) mass is 423 g/mol. The SMILES string of the molecule is COC(=O)CCCCCOc1ccc2nc(-c3ccccc3)n(C(C=O)N(C)C)c2c1. The first-order valence-electron chi connectivity index (χ1n) is 10.4. The third-order valence-electron chi connectivity index (χ3n) is 5.13. The number of fused-ring (bicyclic) bond motifs is 1. The zero-order chi connectivity index (χ0) is 22.2. The minimum atomic E-state index is -0.492. The molecule has 0 aliphatic heterocycles. The molecule has 1 atom stereocenters. The maximum atomic E-state index is 11.9. The maximum Gasteiger partial charge on any atom is 0.305 e. The normalized spacial score (nSPS) is 12.1. The van der Waals surface area contributed by atoms with E-state index in [1.54, 1.807) is 0 Å². The zero-order valence-corrected chi connectivity index (χ0v) is 18.3. The summed E-state index contributed by atoms with van der Waals surface area (Å²) in [6.07, 6.45) is 3.38. The topological polar surface area (TPSA) is 73.7 Å². The van der Waals surface area contributed by atoms with Gasteiger partial charge in [-0.25, -0.2) is 4.98 Å². The van der Waals surface area contributed by atoms with Crippen LogP contribution >= 0.6 is 0 Å². The van der Waals surface area contributed by atoms with E-state index in [-0.39, 0.29) is 5.97 Å². The van der Waals surface area contributed by atoms with E-state index in [4.69, 9.17) is 9.72 Å². The predicted octanol–water partition coefficient (Wildman–Crippen LogP) is 4.07. The molecule has 1 heterocycles. The second-order valence-electron chi connectivity index (χ2n) is 7.57. The van der Waals surface area contributed by atoms with Crippen molar-refractivity contribution < 1.29 is 19.1 Å². The molecule has 7 heteroatoms. The highest BCUT2D eigenvalue weighted by Gasteiger charge is 2.22. The number of hydrogen-bond donors (Lipinski definition) is 0. The molecule has 31 heavy (non-hydrogen) atoms. The summed E-state index contributed by atoms with van der Waals surface area (Å²) < 4.78 is 12.5. The summed E-state index contributed by atoms with van der Waals surface area (Å²) in [5.41, 5.74) is 2.59. The van der Waals surface area contributed by atoms with Gasteiger partial charge in [0.2, 0.25) is 0 Å². The Labute approximate surface area is 182 Å². The first kappa shape index (κ1) is 22.5. The molecule has 0 radical (unpaired) electrons. The smallest absolute Gasteiger partial charge is 0.305 e. The highest BCUT2D eigenvalue weighted by molar-refractivity contribution is 5.83. The third-order valence-corrected chi connectivity index (χ3v) is 5.13. The Bertz CT molecular complexity index is 1010. The van der Waals surface area contributed by atoms with E-state index in [1.165, 1.54) is 7.11 Å². The molecule has 0 saturated heterocycles. The van der Waals surface area contributed by atoms with Crippen LogP contribution in [0, 0.1) is 0 Å². The van der Waals surface area contributed by atoms with Crippen molar-refractivity contribution in [2.75, 3.05) is 27.8 Å². The van der Waals surface area contributed by atoms with Gasteiger partial charge in [0.05, 0.1) is 24.8 Å². The fourth-order valence-corrected chi connectivity index (χ4v) is 3.48. The largest absolute Gasteiger partial charge is 0.494 e. The van der Waals surface area contributed by atoms with E-state index in [1.807, 2.05) is 72.1 Å². The van der Waals surface area contributed by atoms with Crippen LogP contribution in [0.5, 0.6) is 5.75 Å². The van der Waals surface area contributed by atoms with Crippen LogP contribution in [0.4, 0.5) is 0 Å². The molecular weight excluding hydrogens is 394 g/mol. The molecule has 0 bridgehead atoms. The molecule has 7 nitrogen and oxygen atoms in total. The molecule has 1 aromatic heterocycles. The van der Waals surface area contributed by atoms with Gasteiger partial charge in [0, 0.05) is 18.1 Å². The fourth-order valence-electron chi connectivity index (χ4n) is 3.48. The highest BCUT2D eigenvalue weighted by Crippen LogP contribution is 2.31. The van der Waals surface area contributed by atoms with Crippen LogP contribution in [-0.2, 0) is 14.3 Å². The van der Waals surface area contributed by atoms with Crippen molar-refractivity contribution in [2.24, 2.45) is 0 Å². The lowest BCUT2D eigenvalue weighted by Crippen LogP contribution is -2.27. The van der Waals surface area contributed by atoms with Crippen molar-refractivity contribution in [3.63, 3.8) is 0 Å². The first-order valence-corrected chi connectivity index (χ1v) is 10.4. The van der Waals surface area contributed by atoms with Crippen LogP contribution in [0.3, 0.4) is 0 Å². The molecule has 2 aromatic carbocycles. The number of unbranched alkanes of at least 4 members (excludes halogenated alkanes) is 2. The molecule has 0 saturated carbocycles. The number of esters is 1. The average Bonchev–Trinajstić information content (AvgIpc) is 3.15. The van der Waals surface area contributed by atoms with Gasteiger partial charge >= 0.3 is 5.97 Å². The van der Waals surface area contributed by atoms with Crippen molar-refractivity contribution in [2.45, 2.75) is 31.8 Å². The molecule has 0 aliphatic carbocycles. The molecule has 0 spiro atoms. The molecule has 0 amide bonds. The van der Waals surface area contributed by atoms with Gasteiger partial charge in [-0.15, -0.1) is 0 Å². The van der Waals surface area contributed by atoms with Gasteiger partial charge in [-0.3, -0.25) is 14.5 Å². The summed E-state index contributed by atoms with van der Waals surface area (Å²) in [6, 6.07) is 15.6. The summed E-state index contributed by atoms with van der Waals surface area (Å²) in [4.78, 5) is 29.8. The second kappa shape index (κ2) is 10.7. The molecule has 0 N–H and O–H groups in total. The lowest BCUT2D eigenvalue weighted by atomic mass is 10.2. The lowest BCUT2D eigenvalue weighted by molar-refractivity contribution is -0.140. The summed E-state index contributed by atoms with van der Waals surface area (Å²) in [6.45, 7) is 0.553. The Balaban J connectivity index is 1.82. The molecule has 0 fully saturated rings. The van der Waals surface area contributed by atoms with Crippen LogP contribution in [0.25, 0.3) is 22.4 Å². The standard InChI is InChI=1S/C24H29N3O4/c1-26(2)22(17-28)27-21-16-19(31-15-9-5-8-12-23(29)30-3)13-14-20(21)25-24(27)18-10-6-4-7-11-18/h4,6-7,10-11,13-14,16-17,22H,5,8-9,12,15H2,1-3H3. The maximum absolute atomic E-state index is 11.9. The van der Waals surface area contributed by atoms with Gasteiger partial charge in [-0.05, 0) is 45.5 Å². The van der Waals surface area contributed by atoms with Crippen molar-refractivity contribution in [3.8, 4) is 17.1 Å². The number of aromatic nitrogens is 2. The second-order valence-corrected chi connectivity index (χ2v) is 7.57. The van der Waals surface area contributed by atoms with Crippen molar-refractivity contribution >= 4 is 23.3 Å². The van der Waals surface area contributed by atoms with E-state index in [0.29, 0.717) is 13.0 Å². The number of rotatable bonds is 11. The number of nitrogens with zero attached hydrogens (tertiary/aromatic N) is 3. The predicted molar refractivity (Wildman–Crippen MR) is 120 cm³/mol. The molecule has 1 unspecified atom stereocenters. The molecule has 0 aliphatic rings. The van der Waals surface area contributed by atoms with E-state index < -0.39 is 6.17 Å². The van der Waals surface area contributed by atoms with Crippen molar-refractivity contribution in [3.05, 3.63) is 48.5 Å². The third kappa shape index (κ3) is 5.49. The lowest BCUT2D eigenvalue weighted by Gasteiger charge is -2.23. The number of carbonyl (C=O) groups excluding carboxylic acids is 2. The van der Waals surface area contributed by atoms with Crippen LogP contribution in [0.15, 0.2) is 48.5 Å². The van der Waals surface area contributed by atoms with Gasteiger partial charge in [0.25, 0.3) is 0 Å². The number of aldehydes is 1. The quantitative estimate of drug-likeness (QED) is 0.263. The van der Waals surface area contributed by atoms with Gasteiger partial charge in [-0.1, -0.05) is 30.3 Å². The number of hydrogen-bond acceptors (Lipinski definition) is 6.